The van der Waals surface area contributed by atoms with Gasteiger partial charge in [0.2, 0.25) is 0 Å². The summed E-state index contributed by atoms with van der Waals surface area (Å²) in [5, 5.41) is 9.81. The first-order valence-electron chi connectivity index (χ1n) is 6.70. The van der Waals surface area contributed by atoms with Gasteiger partial charge in [0, 0.05) is 13.1 Å². The lowest BCUT2D eigenvalue weighted by Crippen LogP contribution is -2.30. The Morgan fingerprint density at radius 2 is 2.00 bits per heavy atom. The number of hydrogen-bond donors (Lipinski definition) is 1. The summed E-state index contributed by atoms with van der Waals surface area (Å²) in [6.45, 7) is 3.21. The molecule has 5 nitrogen and oxygen atoms in total. The van der Waals surface area contributed by atoms with Crippen LogP contribution in [-0.2, 0) is 16.1 Å². The van der Waals surface area contributed by atoms with Crippen molar-refractivity contribution in [3.8, 4) is 5.75 Å². The minimum atomic E-state index is -0.711. The number of ether oxygens (including phenoxy) is 2. The molecule has 0 aliphatic carbocycles. The van der Waals surface area contributed by atoms with Crippen LogP contribution in [0, 0.1) is 0 Å². The average molecular weight is 281 g/mol. The van der Waals surface area contributed by atoms with E-state index in [9.17, 15) is 9.90 Å². The number of likely N-dealkylation sites (N-methyl/N-ethyl adjacent to an activating group) is 1. The van der Waals surface area contributed by atoms with Crippen LogP contribution in [0.15, 0.2) is 24.3 Å². The Morgan fingerprint density at radius 1 is 1.35 bits per heavy atom. The van der Waals surface area contributed by atoms with E-state index in [1.165, 1.54) is 0 Å². The van der Waals surface area contributed by atoms with Gasteiger partial charge in [0.25, 0.3) is 0 Å². The Kier molecular flexibility index (Phi) is 7.04. The van der Waals surface area contributed by atoms with Crippen molar-refractivity contribution in [1.29, 1.82) is 0 Å². The van der Waals surface area contributed by atoms with Crippen LogP contribution in [-0.4, -0.2) is 49.4 Å². The molecule has 1 aromatic carbocycles. The zero-order valence-electron chi connectivity index (χ0n) is 12.3. The number of aliphatic hydroxyl groups excluding tert-OH is 1. The lowest BCUT2D eigenvalue weighted by atomic mass is 10.2. The number of carbonyl (C=O) groups excluding carboxylic acids is 1. The summed E-state index contributed by atoms with van der Waals surface area (Å²) in [4.78, 5) is 13.2. The summed E-state index contributed by atoms with van der Waals surface area (Å²) in [5.41, 5.74) is 1.12. The fourth-order valence-electron chi connectivity index (χ4n) is 1.94. The SMILES string of the molecule is CCOC(=O)CC(O)CN(C)Cc1ccc(OC)cc1. The minimum Gasteiger partial charge on any atom is -0.497 e. The minimum absolute atomic E-state index is 0.0286. The summed E-state index contributed by atoms with van der Waals surface area (Å²) in [7, 11) is 3.53. The molecule has 0 fully saturated rings. The van der Waals surface area contributed by atoms with E-state index in [0.717, 1.165) is 11.3 Å². The lowest BCUT2D eigenvalue weighted by molar-refractivity contribution is -0.145. The maximum Gasteiger partial charge on any atom is 0.308 e. The van der Waals surface area contributed by atoms with Crippen LogP contribution in [0.3, 0.4) is 0 Å². The number of rotatable bonds is 8. The van der Waals surface area contributed by atoms with Crippen LogP contribution >= 0.6 is 0 Å². The van der Waals surface area contributed by atoms with Gasteiger partial charge in [-0.15, -0.1) is 0 Å². The molecule has 0 radical (unpaired) electrons. The Bertz CT molecular complexity index is 405. The predicted molar refractivity (Wildman–Crippen MR) is 76.6 cm³/mol. The third-order valence-electron chi connectivity index (χ3n) is 2.84. The highest BCUT2D eigenvalue weighted by Crippen LogP contribution is 2.12. The molecular weight excluding hydrogens is 258 g/mol. The van der Waals surface area contributed by atoms with Gasteiger partial charge in [-0.1, -0.05) is 12.1 Å². The van der Waals surface area contributed by atoms with E-state index in [0.29, 0.717) is 19.7 Å². The molecule has 112 valence electrons. The van der Waals surface area contributed by atoms with E-state index in [2.05, 4.69) is 0 Å². The molecule has 0 aromatic heterocycles. The third-order valence-corrected chi connectivity index (χ3v) is 2.84. The van der Waals surface area contributed by atoms with Crippen LogP contribution < -0.4 is 4.74 Å². The van der Waals surface area contributed by atoms with Gasteiger partial charge >= 0.3 is 5.97 Å². The molecule has 5 heteroatoms. The number of aliphatic hydroxyl groups is 1. The standard InChI is InChI=1S/C15H23NO4/c1-4-20-15(18)9-13(17)11-16(2)10-12-5-7-14(19-3)8-6-12/h5-8,13,17H,4,9-11H2,1-3H3. The Balaban J connectivity index is 2.38. The molecule has 0 aliphatic heterocycles. The fourth-order valence-corrected chi connectivity index (χ4v) is 1.94. The largest absolute Gasteiger partial charge is 0.497 e. The van der Waals surface area contributed by atoms with Crippen molar-refractivity contribution < 1.29 is 19.4 Å². The quantitative estimate of drug-likeness (QED) is 0.731. The molecule has 0 saturated carbocycles. The van der Waals surface area contributed by atoms with Crippen LogP contribution in [0.25, 0.3) is 0 Å². The van der Waals surface area contributed by atoms with Gasteiger partial charge in [-0.05, 0) is 31.7 Å². The molecule has 0 amide bonds. The van der Waals surface area contributed by atoms with Crippen LogP contribution in [0.4, 0.5) is 0 Å². The average Bonchev–Trinajstić information content (AvgIpc) is 2.39. The molecule has 0 heterocycles. The van der Waals surface area contributed by atoms with Crippen molar-refractivity contribution >= 4 is 5.97 Å². The maximum atomic E-state index is 11.2. The van der Waals surface area contributed by atoms with Gasteiger partial charge in [-0.3, -0.25) is 9.69 Å². The Morgan fingerprint density at radius 3 is 2.55 bits per heavy atom. The van der Waals surface area contributed by atoms with Crippen LogP contribution in [0.1, 0.15) is 18.9 Å². The van der Waals surface area contributed by atoms with Crippen molar-refractivity contribution in [3.63, 3.8) is 0 Å². The number of esters is 1. The van der Waals surface area contributed by atoms with Gasteiger partial charge in [0.15, 0.2) is 0 Å². The molecule has 0 saturated heterocycles. The third kappa shape index (κ3) is 6.04. The second-order valence-corrected chi connectivity index (χ2v) is 4.71. The number of benzene rings is 1. The Labute approximate surface area is 120 Å². The molecule has 0 aliphatic rings. The van der Waals surface area contributed by atoms with E-state index in [-0.39, 0.29) is 12.4 Å². The molecule has 0 spiro atoms. The van der Waals surface area contributed by atoms with Crippen molar-refractivity contribution in [2.24, 2.45) is 0 Å². The summed E-state index contributed by atoms with van der Waals surface area (Å²) in [6.07, 6.45) is -0.682. The number of nitrogens with zero attached hydrogens (tertiary/aromatic N) is 1. The van der Waals surface area contributed by atoms with Crippen molar-refractivity contribution in [3.05, 3.63) is 29.8 Å². The predicted octanol–water partition coefficient (Wildman–Crippen LogP) is 1.44. The smallest absolute Gasteiger partial charge is 0.308 e. The van der Waals surface area contributed by atoms with E-state index in [1.807, 2.05) is 36.2 Å². The first kappa shape index (κ1) is 16.5. The zero-order valence-corrected chi connectivity index (χ0v) is 12.3. The fraction of sp³-hybridized carbons (Fsp3) is 0.533. The summed E-state index contributed by atoms with van der Waals surface area (Å²) >= 11 is 0. The maximum absolute atomic E-state index is 11.2. The van der Waals surface area contributed by atoms with Gasteiger partial charge in [-0.25, -0.2) is 0 Å². The number of carbonyl (C=O) groups is 1. The number of methoxy groups -OCH3 is 1. The molecule has 1 aromatic rings. The van der Waals surface area contributed by atoms with E-state index in [4.69, 9.17) is 9.47 Å². The monoisotopic (exact) mass is 281 g/mol. The van der Waals surface area contributed by atoms with Crippen molar-refractivity contribution in [2.75, 3.05) is 27.3 Å². The molecule has 0 bridgehead atoms. The molecular formula is C15H23NO4. The Hall–Kier alpha value is -1.59. The molecule has 1 rings (SSSR count). The van der Waals surface area contributed by atoms with E-state index < -0.39 is 6.10 Å². The summed E-state index contributed by atoms with van der Waals surface area (Å²) < 4.78 is 9.91. The molecule has 1 unspecified atom stereocenters. The lowest BCUT2D eigenvalue weighted by Gasteiger charge is -2.20. The normalized spacial score (nSPS) is 12.2. The van der Waals surface area contributed by atoms with Crippen molar-refractivity contribution in [2.45, 2.75) is 26.0 Å². The van der Waals surface area contributed by atoms with E-state index >= 15 is 0 Å². The molecule has 1 atom stereocenters. The van der Waals surface area contributed by atoms with Gasteiger partial charge in [0.1, 0.15) is 5.75 Å². The second kappa shape index (κ2) is 8.55. The molecule has 1 N–H and O–H groups in total. The first-order chi connectivity index (χ1) is 9.55. The zero-order chi connectivity index (χ0) is 15.0. The highest BCUT2D eigenvalue weighted by molar-refractivity contribution is 5.69. The highest BCUT2D eigenvalue weighted by atomic mass is 16.5. The first-order valence-corrected chi connectivity index (χ1v) is 6.70. The van der Waals surface area contributed by atoms with Gasteiger partial charge in [0.05, 0.1) is 26.2 Å². The van der Waals surface area contributed by atoms with Crippen molar-refractivity contribution in [1.82, 2.24) is 4.90 Å². The second-order valence-electron chi connectivity index (χ2n) is 4.71. The number of hydrogen-bond acceptors (Lipinski definition) is 5. The topological polar surface area (TPSA) is 59.0 Å². The van der Waals surface area contributed by atoms with Gasteiger partial charge in [-0.2, -0.15) is 0 Å². The van der Waals surface area contributed by atoms with E-state index in [1.54, 1.807) is 14.0 Å². The highest BCUT2D eigenvalue weighted by Gasteiger charge is 2.14. The van der Waals surface area contributed by atoms with Crippen LogP contribution in [0.5, 0.6) is 5.75 Å². The van der Waals surface area contributed by atoms with Crippen LogP contribution in [0.2, 0.25) is 0 Å². The molecule has 20 heavy (non-hydrogen) atoms. The van der Waals surface area contributed by atoms with Gasteiger partial charge < -0.3 is 14.6 Å². The summed E-state index contributed by atoms with van der Waals surface area (Å²) in [6, 6.07) is 7.76. The summed E-state index contributed by atoms with van der Waals surface area (Å²) in [5.74, 6) is 0.455.